The summed E-state index contributed by atoms with van der Waals surface area (Å²) in [6.07, 6.45) is 0. The molecule has 0 fully saturated rings. The molecule has 276 valence electrons. The molecule has 0 spiro atoms. The van der Waals surface area contributed by atoms with Gasteiger partial charge in [0.25, 0.3) is 0 Å². The predicted molar refractivity (Wildman–Crippen MR) is 236 cm³/mol. The van der Waals surface area contributed by atoms with Crippen LogP contribution in [0.1, 0.15) is 36.1 Å². The first-order valence-electron chi connectivity index (χ1n) is 19.5. The zero-order valence-electron chi connectivity index (χ0n) is 31.9. The molecule has 8 aromatic carbocycles. The van der Waals surface area contributed by atoms with Crippen LogP contribution in [0.5, 0.6) is 0 Å². The van der Waals surface area contributed by atoms with Crippen molar-refractivity contribution in [1.82, 2.24) is 4.57 Å². The fourth-order valence-corrected chi connectivity index (χ4v) is 11.0. The van der Waals surface area contributed by atoms with E-state index >= 15 is 0 Å². The molecule has 9 aromatic rings. The Balaban J connectivity index is 0.954. The van der Waals surface area contributed by atoms with Crippen molar-refractivity contribution in [3.05, 3.63) is 204 Å². The minimum absolute atomic E-state index is 0.292. The van der Waals surface area contributed by atoms with E-state index in [1.54, 1.807) is 12.1 Å². The molecule has 0 radical (unpaired) electrons. The number of anilines is 3. The molecule has 0 saturated carbocycles. The molecule has 1 aliphatic carbocycles. The first kappa shape index (κ1) is 34.1. The lowest BCUT2D eigenvalue weighted by atomic mass is 9.81. The minimum atomic E-state index is -3.79. The van der Waals surface area contributed by atoms with E-state index in [9.17, 15) is 8.42 Å². The highest BCUT2D eigenvalue weighted by Crippen LogP contribution is 2.53. The van der Waals surface area contributed by atoms with Crippen LogP contribution in [0, 0.1) is 11.8 Å². The number of para-hydroxylation sites is 4. The van der Waals surface area contributed by atoms with Crippen LogP contribution >= 0.6 is 0 Å². The summed E-state index contributed by atoms with van der Waals surface area (Å²) in [5.74, 6) is 6.71. The number of hydrogen-bond acceptors (Lipinski definition) is 3. The summed E-state index contributed by atoms with van der Waals surface area (Å²) in [4.78, 5) is 2.68. The average Bonchev–Trinajstić information content (AvgIpc) is 3.80. The van der Waals surface area contributed by atoms with Gasteiger partial charge in [0.1, 0.15) is 0 Å². The van der Waals surface area contributed by atoms with Crippen molar-refractivity contribution in [3.63, 3.8) is 0 Å². The van der Waals surface area contributed by atoms with Gasteiger partial charge in [-0.3, -0.25) is 0 Å². The van der Waals surface area contributed by atoms with Crippen LogP contribution in [0.15, 0.2) is 192 Å². The van der Waals surface area contributed by atoms with Gasteiger partial charge in [0, 0.05) is 61.2 Å². The molecule has 1 aliphatic heterocycles. The Morgan fingerprint density at radius 3 is 1.74 bits per heavy atom. The van der Waals surface area contributed by atoms with Gasteiger partial charge in [0.05, 0.1) is 20.8 Å². The quantitative estimate of drug-likeness (QED) is 0.168. The van der Waals surface area contributed by atoms with Crippen molar-refractivity contribution in [3.8, 4) is 39.8 Å². The molecular formula is C53H36N2O2S. The molecule has 0 atom stereocenters. The van der Waals surface area contributed by atoms with Crippen molar-refractivity contribution >= 4 is 48.7 Å². The molecular weight excluding hydrogens is 729 g/mol. The maximum Gasteiger partial charge on any atom is 0.207 e. The van der Waals surface area contributed by atoms with E-state index in [2.05, 4.69) is 120 Å². The number of nitrogens with zero attached hydrogens (tertiary/aromatic N) is 2. The lowest BCUT2D eigenvalue weighted by Crippen LogP contribution is -2.16. The third kappa shape index (κ3) is 5.05. The van der Waals surface area contributed by atoms with Crippen LogP contribution in [-0.4, -0.2) is 13.0 Å². The molecule has 0 bridgehead atoms. The number of sulfone groups is 1. The SMILES string of the molecule is CC1(C)c2cc(C#Cc3ccc4c(c3)S(=O)(=O)c3cc(N(c5ccccc5)c5ccccc5)ccc3-4)ccc2-c2ccc3c4ccccc4n(-c4ccccc4)c3c21. The van der Waals surface area contributed by atoms with Gasteiger partial charge >= 0.3 is 0 Å². The van der Waals surface area contributed by atoms with Gasteiger partial charge in [-0.25, -0.2) is 8.42 Å². The number of benzene rings is 8. The minimum Gasteiger partial charge on any atom is -0.310 e. The predicted octanol–water partition coefficient (Wildman–Crippen LogP) is 12.8. The Kier molecular flexibility index (Phi) is 7.47. The highest BCUT2D eigenvalue weighted by molar-refractivity contribution is 7.92. The molecule has 0 amide bonds. The van der Waals surface area contributed by atoms with Crippen molar-refractivity contribution in [2.24, 2.45) is 0 Å². The molecule has 0 unspecified atom stereocenters. The van der Waals surface area contributed by atoms with Crippen LogP contribution in [0.2, 0.25) is 0 Å². The summed E-state index contributed by atoms with van der Waals surface area (Å²) in [6.45, 7) is 4.63. The molecule has 1 aromatic heterocycles. The second-order valence-electron chi connectivity index (χ2n) is 15.6. The average molecular weight is 765 g/mol. The Hall–Kier alpha value is -7.13. The Bertz CT molecular complexity index is 3280. The van der Waals surface area contributed by atoms with E-state index in [4.69, 9.17) is 0 Å². The Morgan fingerprint density at radius 1 is 0.500 bits per heavy atom. The summed E-state index contributed by atoms with van der Waals surface area (Å²) in [6, 6.07) is 61.6. The fraction of sp³-hybridized carbons (Fsp3) is 0.0566. The maximum atomic E-state index is 14.3. The van der Waals surface area contributed by atoms with Crippen LogP contribution in [0.3, 0.4) is 0 Å². The number of aromatic nitrogens is 1. The lowest BCUT2D eigenvalue weighted by Gasteiger charge is -2.25. The third-order valence-electron chi connectivity index (χ3n) is 11.9. The van der Waals surface area contributed by atoms with Gasteiger partial charge in [-0.05, 0) is 101 Å². The summed E-state index contributed by atoms with van der Waals surface area (Å²) in [5, 5.41) is 2.48. The van der Waals surface area contributed by atoms with E-state index in [1.165, 1.54) is 44.1 Å². The van der Waals surface area contributed by atoms with Crippen LogP contribution in [0.25, 0.3) is 49.7 Å². The van der Waals surface area contributed by atoms with Gasteiger partial charge in [0.2, 0.25) is 9.84 Å². The highest BCUT2D eigenvalue weighted by Gasteiger charge is 2.39. The van der Waals surface area contributed by atoms with Gasteiger partial charge in [-0.1, -0.05) is 129 Å². The molecule has 0 N–H and O–H groups in total. The van der Waals surface area contributed by atoms with Crippen molar-refractivity contribution in [1.29, 1.82) is 0 Å². The first-order chi connectivity index (χ1) is 28.3. The molecule has 5 heteroatoms. The Labute approximate surface area is 338 Å². The largest absolute Gasteiger partial charge is 0.310 e. The van der Waals surface area contributed by atoms with Gasteiger partial charge in [-0.15, -0.1) is 0 Å². The maximum absolute atomic E-state index is 14.3. The summed E-state index contributed by atoms with van der Waals surface area (Å²) in [5.41, 5.74) is 13.9. The summed E-state index contributed by atoms with van der Waals surface area (Å²) in [7, 11) is -3.79. The normalized spacial score (nSPS) is 14.0. The highest BCUT2D eigenvalue weighted by atomic mass is 32.2. The molecule has 4 nitrogen and oxygen atoms in total. The van der Waals surface area contributed by atoms with Gasteiger partial charge < -0.3 is 9.47 Å². The van der Waals surface area contributed by atoms with Crippen LogP contribution in [0.4, 0.5) is 17.1 Å². The molecule has 2 heterocycles. The van der Waals surface area contributed by atoms with E-state index < -0.39 is 9.84 Å². The summed E-state index contributed by atoms with van der Waals surface area (Å²) >= 11 is 0. The second-order valence-corrected chi connectivity index (χ2v) is 17.5. The lowest BCUT2D eigenvalue weighted by molar-refractivity contribution is 0.598. The number of hydrogen-bond donors (Lipinski definition) is 0. The van der Waals surface area contributed by atoms with Crippen LogP contribution < -0.4 is 4.90 Å². The van der Waals surface area contributed by atoms with E-state index in [0.29, 0.717) is 26.5 Å². The Morgan fingerprint density at radius 2 is 1.05 bits per heavy atom. The zero-order chi connectivity index (χ0) is 39.2. The van der Waals surface area contributed by atoms with Crippen molar-refractivity contribution in [2.45, 2.75) is 29.1 Å². The van der Waals surface area contributed by atoms with Crippen molar-refractivity contribution in [2.75, 3.05) is 4.90 Å². The second kappa shape index (κ2) is 12.7. The standard InChI is InChI=1S/C53H36N2O2S/c1-53(2)47-32-35(24-27-41(47)45-30-31-46-42-20-12-13-21-48(42)55(52(46)51(45)53)39-18-10-5-11-19-39)22-23-36-25-28-43-44-29-26-40(34-50(44)58(56,57)49(43)33-36)54(37-14-6-3-7-15-37)38-16-8-4-9-17-38/h3-21,24-34H,1-2H3. The number of rotatable bonds is 4. The fourth-order valence-electron chi connectivity index (χ4n) is 9.27. The molecule has 0 saturated heterocycles. The third-order valence-corrected chi connectivity index (χ3v) is 13.7. The number of fused-ring (bicyclic) bond motifs is 10. The van der Waals surface area contributed by atoms with Gasteiger partial charge in [0.15, 0.2) is 0 Å². The summed E-state index contributed by atoms with van der Waals surface area (Å²) < 4.78 is 30.9. The monoisotopic (exact) mass is 764 g/mol. The van der Waals surface area contributed by atoms with Crippen LogP contribution in [-0.2, 0) is 15.3 Å². The molecule has 11 rings (SSSR count). The first-order valence-corrected chi connectivity index (χ1v) is 21.0. The van der Waals surface area contributed by atoms with Crippen molar-refractivity contribution < 1.29 is 8.42 Å². The smallest absolute Gasteiger partial charge is 0.207 e. The van der Waals surface area contributed by atoms with Gasteiger partial charge in [-0.2, -0.15) is 0 Å². The molecule has 58 heavy (non-hydrogen) atoms. The molecule has 2 aliphatic rings. The van der Waals surface area contributed by atoms with E-state index in [1.807, 2.05) is 84.9 Å². The topological polar surface area (TPSA) is 42.3 Å². The van der Waals surface area contributed by atoms with E-state index in [0.717, 1.165) is 28.3 Å². The van der Waals surface area contributed by atoms with E-state index in [-0.39, 0.29) is 5.41 Å². The zero-order valence-corrected chi connectivity index (χ0v) is 32.8.